The lowest BCUT2D eigenvalue weighted by Gasteiger charge is -2.19. The van der Waals surface area contributed by atoms with Crippen molar-refractivity contribution in [3.05, 3.63) is 36.2 Å². The molecule has 2 aromatic rings. The molecule has 1 aliphatic heterocycles. The zero-order valence-electron chi connectivity index (χ0n) is 14.8. The Kier molecular flexibility index (Phi) is 5.81. The molecule has 2 atom stereocenters. The summed E-state index contributed by atoms with van der Waals surface area (Å²) in [5.41, 5.74) is 0.893. The van der Waals surface area contributed by atoms with Gasteiger partial charge in [-0.1, -0.05) is 49.3 Å². The topological polar surface area (TPSA) is 77.2 Å². The monoisotopic (exact) mass is 343 g/mol. The smallest absolute Gasteiger partial charge is 0.249 e. The normalized spacial score (nSPS) is 18.4. The van der Waals surface area contributed by atoms with Crippen molar-refractivity contribution in [1.82, 2.24) is 15.5 Å². The van der Waals surface area contributed by atoms with E-state index in [1.165, 1.54) is 0 Å². The Hall–Kier alpha value is -2.21. The molecule has 1 aliphatic rings. The third kappa shape index (κ3) is 4.66. The van der Waals surface area contributed by atoms with Crippen LogP contribution in [0.4, 0.5) is 0 Å². The van der Waals surface area contributed by atoms with Gasteiger partial charge in [0.25, 0.3) is 0 Å². The highest BCUT2D eigenvalue weighted by molar-refractivity contribution is 5.76. The van der Waals surface area contributed by atoms with Gasteiger partial charge in [-0.05, 0) is 25.2 Å². The van der Waals surface area contributed by atoms with E-state index in [1.54, 1.807) is 0 Å². The van der Waals surface area contributed by atoms with Crippen molar-refractivity contribution in [2.75, 3.05) is 6.61 Å². The van der Waals surface area contributed by atoms with Crippen LogP contribution in [0.2, 0.25) is 0 Å². The maximum atomic E-state index is 12.3. The maximum absolute atomic E-state index is 12.3. The lowest BCUT2D eigenvalue weighted by Crippen LogP contribution is -2.32. The summed E-state index contributed by atoms with van der Waals surface area (Å²) in [6.07, 6.45) is 3.57. The fourth-order valence-electron chi connectivity index (χ4n) is 2.99. The van der Waals surface area contributed by atoms with Crippen molar-refractivity contribution in [3.8, 4) is 11.4 Å². The number of rotatable bonds is 7. The molecule has 0 radical (unpaired) electrons. The minimum Gasteiger partial charge on any atom is -0.378 e. The molecule has 0 spiro atoms. The van der Waals surface area contributed by atoms with Crippen molar-refractivity contribution >= 4 is 5.91 Å². The van der Waals surface area contributed by atoms with Gasteiger partial charge in [0, 0.05) is 18.6 Å². The predicted molar refractivity (Wildman–Crippen MR) is 93.7 cm³/mol. The average molecular weight is 343 g/mol. The number of benzene rings is 1. The van der Waals surface area contributed by atoms with Crippen molar-refractivity contribution in [2.45, 2.75) is 51.7 Å². The van der Waals surface area contributed by atoms with Crippen LogP contribution in [0.25, 0.3) is 11.4 Å². The van der Waals surface area contributed by atoms with Crippen LogP contribution in [0.15, 0.2) is 34.9 Å². The van der Waals surface area contributed by atoms with Gasteiger partial charge in [0.15, 0.2) is 0 Å². The number of ether oxygens (including phenoxy) is 1. The number of nitrogens with zero attached hydrogens (tertiary/aromatic N) is 2. The number of hydrogen-bond donors (Lipinski definition) is 1. The van der Waals surface area contributed by atoms with Gasteiger partial charge in [0.05, 0.1) is 6.10 Å². The molecule has 0 saturated carbocycles. The summed E-state index contributed by atoms with van der Waals surface area (Å²) in [5.74, 6) is 1.12. The van der Waals surface area contributed by atoms with E-state index in [0.29, 0.717) is 18.1 Å². The molecule has 1 fully saturated rings. The molecule has 6 nitrogen and oxygen atoms in total. The first kappa shape index (κ1) is 17.6. The van der Waals surface area contributed by atoms with Crippen molar-refractivity contribution in [1.29, 1.82) is 0 Å². The molecule has 1 saturated heterocycles. The second-order valence-corrected chi connectivity index (χ2v) is 6.79. The van der Waals surface area contributed by atoms with Crippen molar-refractivity contribution < 1.29 is 14.1 Å². The Morgan fingerprint density at radius 3 is 2.80 bits per heavy atom. The highest BCUT2D eigenvalue weighted by Gasteiger charge is 2.25. The summed E-state index contributed by atoms with van der Waals surface area (Å²) in [7, 11) is 0. The molecule has 1 amide bonds. The summed E-state index contributed by atoms with van der Waals surface area (Å²) in [4.78, 5) is 16.8. The first-order chi connectivity index (χ1) is 12.1. The van der Waals surface area contributed by atoms with Crippen LogP contribution in [0, 0.1) is 5.92 Å². The number of carbonyl (C=O) groups excluding carboxylic acids is 1. The lowest BCUT2D eigenvalue weighted by molar-refractivity contribution is -0.123. The Bertz CT molecular complexity index is 678. The molecular formula is C19H25N3O3. The van der Waals surface area contributed by atoms with E-state index < -0.39 is 0 Å². The molecule has 1 aromatic carbocycles. The van der Waals surface area contributed by atoms with Crippen molar-refractivity contribution in [3.63, 3.8) is 0 Å². The van der Waals surface area contributed by atoms with E-state index >= 15 is 0 Å². The molecule has 0 unspecified atom stereocenters. The largest absolute Gasteiger partial charge is 0.378 e. The van der Waals surface area contributed by atoms with E-state index in [1.807, 2.05) is 44.2 Å². The zero-order chi connectivity index (χ0) is 17.6. The second kappa shape index (κ2) is 8.25. The number of hydrogen-bond acceptors (Lipinski definition) is 5. The van der Waals surface area contributed by atoms with E-state index in [0.717, 1.165) is 31.4 Å². The molecule has 6 heteroatoms. The summed E-state index contributed by atoms with van der Waals surface area (Å²) < 4.78 is 11.0. The molecule has 25 heavy (non-hydrogen) atoms. The number of carbonyl (C=O) groups is 1. The van der Waals surface area contributed by atoms with Gasteiger partial charge >= 0.3 is 0 Å². The minimum absolute atomic E-state index is 0.00587. The molecule has 1 aromatic heterocycles. The summed E-state index contributed by atoms with van der Waals surface area (Å²) in [6.45, 7) is 4.86. The fourth-order valence-corrected chi connectivity index (χ4v) is 2.99. The number of amides is 1. The quantitative estimate of drug-likeness (QED) is 0.832. The van der Waals surface area contributed by atoms with Crippen LogP contribution in [-0.2, 0) is 9.53 Å². The van der Waals surface area contributed by atoms with Crippen LogP contribution in [0.5, 0.6) is 0 Å². The molecule has 134 valence electrons. The van der Waals surface area contributed by atoms with Gasteiger partial charge in [-0.2, -0.15) is 4.98 Å². The minimum atomic E-state index is -0.290. The van der Waals surface area contributed by atoms with E-state index in [2.05, 4.69) is 15.5 Å². The van der Waals surface area contributed by atoms with E-state index in [9.17, 15) is 4.79 Å². The average Bonchev–Trinajstić information content (AvgIpc) is 3.30. The maximum Gasteiger partial charge on any atom is 0.249 e. The number of nitrogens with one attached hydrogen (secondary N) is 1. The highest BCUT2D eigenvalue weighted by atomic mass is 16.5. The van der Waals surface area contributed by atoms with Gasteiger partial charge in [-0.15, -0.1) is 0 Å². The third-order valence-corrected chi connectivity index (χ3v) is 4.44. The van der Waals surface area contributed by atoms with Gasteiger partial charge in [0.1, 0.15) is 6.04 Å². The van der Waals surface area contributed by atoms with E-state index in [-0.39, 0.29) is 24.0 Å². The zero-order valence-corrected chi connectivity index (χ0v) is 14.8. The Morgan fingerprint density at radius 2 is 2.12 bits per heavy atom. The second-order valence-electron chi connectivity index (χ2n) is 6.79. The summed E-state index contributed by atoms with van der Waals surface area (Å²) in [6, 6.07) is 9.37. The van der Waals surface area contributed by atoms with Crippen molar-refractivity contribution in [2.24, 2.45) is 5.92 Å². The van der Waals surface area contributed by atoms with Crippen LogP contribution in [0.1, 0.15) is 51.5 Å². The lowest BCUT2D eigenvalue weighted by atomic mass is 10.0. The van der Waals surface area contributed by atoms with Crippen LogP contribution in [0.3, 0.4) is 0 Å². The van der Waals surface area contributed by atoms with Gasteiger partial charge in [0.2, 0.25) is 17.6 Å². The Balaban J connectivity index is 1.62. The molecular weight excluding hydrogens is 318 g/mol. The first-order valence-electron chi connectivity index (χ1n) is 8.93. The molecule has 3 rings (SSSR count). The molecule has 0 bridgehead atoms. The van der Waals surface area contributed by atoms with Crippen LogP contribution in [-0.4, -0.2) is 28.8 Å². The molecule has 2 heterocycles. The van der Waals surface area contributed by atoms with Gasteiger partial charge < -0.3 is 14.6 Å². The third-order valence-electron chi connectivity index (χ3n) is 4.44. The SMILES string of the molecule is CC(C)[C@H](NC(=O)CC[C@@H]1CCCO1)c1nc(-c2ccccc2)no1. The standard InChI is InChI=1S/C19H25N3O3/c1-13(2)17(20-16(23)11-10-15-9-6-12-24-15)19-21-18(22-25-19)14-7-4-3-5-8-14/h3-5,7-8,13,15,17H,6,9-12H2,1-2H3,(H,20,23)/t15-,17-/m0/s1. The van der Waals surface area contributed by atoms with Gasteiger partial charge in [-0.25, -0.2) is 0 Å². The highest BCUT2D eigenvalue weighted by Crippen LogP contribution is 2.24. The Labute approximate surface area is 148 Å². The Morgan fingerprint density at radius 1 is 1.32 bits per heavy atom. The summed E-state index contributed by atoms with van der Waals surface area (Å²) >= 11 is 0. The first-order valence-corrected chi connectivity index (χ1v) is 8.93. The molecule has 0 aliphatic carbocycles. The number of aromatic nitrogens is 2. The van der Waals surface area contributed by atoms with Crippen LogP contribution >= 0.6 is 0 Å². The van der Waals surface area contributed by atoms with E-state index in [4.69, 9.17) is 9.26 Å². The fraction of sp³-hybridized carbons (Fsp3) is 0.526. The molecule has 1 N–H and O–H groups in total. The predicted octanol–water partition coefficient (Wildman–Crippen LogP) is 3.51. The van der Waals surface area contributed by atoms with Crippen LogP contribution < -0.4 is 5.32 Å². The summed E-state index contributed by atoms with van der Waals surface area (Å²) in [5, 5.41) is 7.08. The van der Waals surface area contributed by atoms with Gasteiger partial charge in [-0.3, -0.25) is 4.79 Å².